The Morgan fingerprint density at radius 1 is 1.50 bits per heavy atom. The molecule has 0 radical (unpaired) electrons. The lowest BCUT2D eigenvalue weighted by Crippen LogP contribution is -2.04. The Bertz CT molecular complexity index is 642. The standard InChI is InChI=1S/C9H7ClN4O3S/c1-18(17)9-12-11-5-13(9)7-3-2-6(10)4-8(7)14(15)16/h2-5H,1H3. The van der Waals surface area contributed by atoms with Gasteiger partial charge in [-0.15, -0.1) is 10.2 Å². The molecule has 1 heterocycles. The van der Waals surface area contributed by atoms with Gasteiger partial charge in [0.15, 0.2) is 0 Å². The van der Waals surface area contributed by atoms with E-state index in [2.05, 4.69) is 10.2 Å². The first-order chi connectivity index (χ1) is 8.50. The zero-order chi connectivity index (χ0) is 13.3. The molecule has 0 aliphatic carbocycles. The normalized spacial score (nSPS) is 12.3. The fourth-order valence-corrected chi connectivity index (χ4v) is 2.18. The third-order valence-electron chi connectivity index (χ3n) is 2.17. The predicted molar refractivity (Wildman–Crippen MR) is 65.4 cm³/mol. The molecule has 1 aromatic carbocycles. The van der Waals surface area contributed by atoms with Gasteiger partial charge in [0, 0.05) is 17.3 Å². The minimum atomic E-state index is -1.40. The van der Waals surface area contributed by atoms with Crippen LogP contribution in [-0.4, -0.2) is 30.2 Å². The van der Waals surface area contributed by atoms with Crippen molar-refractivity contribution in [3.05, 3.63) is 39.7 Å². The molecular weight excluding hydrogens is 280 g/mol. The molecule has 0 saturated carbocycles. The van der Waals surface area contributed by atoms with Crippen LogP contribution < -0.4 is 0 Å². The summed E-state index contributed by atoms with van der Waals surface area (Å²) in [5, 5.41) is 18.6. The average molecular weight is 287 g/mol. The Kier molecular flexibility index (Phi) is 3.39. The summed E-state index contributed by atoms with van der Waals surface area (Å²) < 4.78 is 12.8. The summed E-state index contributed by atoms with van der Waals surface area (Å²) in [7, 11) is -1.40. The Morgan fingerprint density at radius 2 is 2.22 bits per heavy atom. The van der Waals surface area contributed by atoms with Crippen molar-refractivity contribution in [3.63, 3.8) is 0 Å². The van der Waals surface area contributed by atoms with Gasteiger partial charge in [0.2, 0.25) is 5.16 Å². The van der Waals surface area contributed by atoms with Crippen LogP contribution in [-0.2, 0) is 10.8 Å². The SMILES string of the molecule is CS(=O)c1nncn1-c1ccc(Cl)cc1[N+](=O)[O-]. The Hall–Kier alpha value is -1.80. The molecule has 0 spiro atoms. The van der Waals surface area contributed by atoms with Crippen molar-refractivity contribution in [2.45, 2.75) is 5.16 Å². The van der Waals surface area contributed by atoms with Crippen LogP contribution in [0.3, 0.4) is 0 Å². The average Bonchev–Trinajstić information content (AvgIpc) is 2.77. The Morgan fingerprint density at radius 3 is 2.83 bits per heavy atom. The van der Waals surface area contributed by atoms with Crippen LogP contribution in [0.15, 0.2) is 29.7 Å². The highest BCUT2D eigenvalue weighted by Gasteiger charge is 2.19. The van der Waals surface area contributed by atoms with Gasteiger partial charge in [-0.3, -0.25) is 18.9 Å². The maximum atomic E-state index is 11.4. The monoisotopic (exact) mass is 286 g/mol. The lowest BCUT2D eigenvalue weighted by atomic mass is 10.2. The number of hydrogen-bond donors (Lipinski definition) is 0. The highest BCUT2D eigenvalue weighted by Crippen LogP contribution is 2.27. The van der Waals surface area contributed by atoms with Crippen molar-refractivity contribution >= 4 is 28.1 Å². The van der Waals surface area contributed by atoms with Gasteiger partial charge in [0.1, 0.15) is 12.0 Å². The maximum absolute atomic E-state index is 11.4. The zero-order valence-electron chi connectivity index (χ0n) is 9.11. The second-order valence-electron chi connectivity index (χ2n) is 3.33. The van der Waals surface area contributed by atoms with Gasteiger partial charge in [0.05, 0.1) is 15.7 Å². The molecule has 94 valence electrons. The zero-order valence-corrected chi connectivity index (χ0v) is 10.7. The summed E-state index contributed by atoms with van der Waals surface area (Å²) in [5.41, 5.74) is 0.0219. The number of benzene rings is 1. The van der Waals surface area contributed by atoms with Crippen LogP contribution in [0.25, 0.3) is 5.69 Å². The van der Waals surface area contributed by atoms with Gasteiger partial charge in [-0.2, -0.15) is 0 Å². The second-order valence-corrected chi connectivity index (χ2v) is 5.04. The van der Waals surface area contributed by atoms with E-state index in [1.807, 2.05) is 0 Å². The first-order valence-electron chi connectivity index (χ1n) is 4.68. The van der Waals surface area contributed by atoms with E-state index in [0.29, 0.717) is 0 Å². The molecule has 2 rings (SSSR count). The number of nitro groups is 1. The van der Waals surface area contributed by atoms with Crippen LogP contribution in [0, 0.1) is 10.1 Å². The maximum Gasteiger partial charge on any atom is 0.294 e. The number of nitro benzene ring substituents is 1. The predicted octanol–water partition coefficient (Wildman–Crippen LogP) is 1.57. The number of halogens is 1. The molecule has 0 saturated heterocycles. The third kappa shape index (κ3) is 2.24. The summed E-state index contributed by atoms with van der Waals surface area (Å²) in [6, 6.07) is 4.19. The van der Waals surface area contributed by atoms with Crippen molar-refractivity contribution < 1.29 is 9.13 Å². The molecule has 0 fully saturated rings. The topological polar surface area (TPSA) is 90.9 Å². The molecular formula is C9H7ClN4O3S. The molecule has 2 aromatic rings. The molecule has 9 heteroatoms. The van der Waals surface area contributed by atoms with E-state index in [9.17, 15) is 14.3 Å². The molecule has 1 unspecified atom stereocenters. The summed E-state index contributed by atoms with van der Waals surface area (Å²) in [6.07, 6.45) is 2.69. The minimum Gasteiger partial charge on any atom is -0.268 e. The number of hydrogen-bond acceptors (Lipinski definition) is 5. The Balaban J connectivity index is 2.67. The van der Waals surface area contributed by atoms with Crippen LogP contribution in [0.1, 0.15) is 0 Å². The Labute approximate surface area is 109 Å². The van der Waals surface area contributed by atoms with Gasteiger partial charge in [0.25, 0.3) is 5.69 Å². The molecule has 1 atom stereocenters. The van der Waals surface area contributed by atoms with E-state index in [1.165, 1.54) is 35.3 Å². The van der Waals surface area contributed by atoms with Crippen LogP contribution >= 0.6 is 11.6 Å². The van der Waals surface area contributed by atoms with E-state index in [0.717, 1.165) is 0 Å². The number of nitrogens with zero attached hydrogens (tertiary/aromatic N) is 4. The van der Waals surface area contributed by atoms with E-state index in [1.54, 1.807) is 0 Å². The van der Waals surface area contributed by atoms with E-state index >= 15 is 0 Å². The minimum absolute atomic E-state index is 0.139. The molecule has 1 aromatic heterocycles. The first-order valence-corrected chi connectivity index (χ1v) is 6.62. The second kappa shape index (κ2) is 4.83. The van der Waals surface area contributed by atoms with Crippen molar-refractivity contribution in [3.8, 4) is 5.69 Å². The van der Waals surface area contributed by atoms with Gasteiger partial charge < -0.3 is 0 Å². The van der Waals surface area contributed by atoms with Gasteiger partial charge in [-0.1, -0.05) is 11.6 Å². The third-order valence-corrected chi connectivity index (χ3v) is 3.19. The summed E-state index contributed by atoms with van der Waals surface area (Å²) in [4.78, 5) is 10.4. The van der Waals surface area contributed by atoms with Crippen molar-refractivity contribution in [1.82, 2.24) is 14.8 Å². The first kappa shape index (κ1) is 12.7. The van der Waals surface area contributed by atoms with Crippen LogP contribution in [0.2, 0.25) is 5.02 Å². The lowest BCUT2D eigenvalue weighted by Gasteiger charge is -2.05. The van der Waals surface area contributed by atoms with Crippen molar-refractivity contribution in [1.29, 1.82) is 0 Å². The summed E-state index contributed by atoms with van der Waals surface area (Å²) in [5.74, 6) is 0. The molecule has 0 bridgehead atoms. The van der Waals surface area contributed by atoms with E-state index in [4.69, 9.17) is 11.6 Å². The quantitative estimate of drug-likeness (QED) is 0.631. The van der Waals surface area contributed by atoms with Crippen molar-refractivity contribution in [2.75, 3.05) is 6.26 Å². The van der Waals surface area contributed by atoms with Crippen LogP contribution in [0.4, 0.5) is 5.69 Å². The molecule has 0 aliphatic heterocycles. The van der Waals surface area contributed by atoms with E-state index < -0.39 is 15.7 Å². The molecule has 0 N–H and O–H groups in total. The highest BCUT2D eigenvalue weighted by atomic mass is 35.5. The fourth-order valence-electron chi connectivity index (χ4n) is 1.43. The van der Waals surface area contributed by atoms with Gasteiger partial charge in [-0.25, -0.2) is 0 Å². The smallest absolute Gasteiger partial charge is 0.268 e. The van der Waals surface area contributed by atoms with Crippen LogP contribution in [0.5, 0.6) is 0 Å². The molecule has 0 amide bonds. The molecule has 18 heavy (non-hydrogen) atoms. The highest BCUT2D eigenvalue weighted by molar-refractivity contribution is 7.84. The van der Waals surface area contributed by atoms with Gasteiger partial charge in [-0.05, 0) is 12.1 Å². The van der Waals surface area contributed by atoms with Crippen molar-refractivity contribution in [2.24, 2.45) is 0 Å². The number of rotatable bonds is 3. The lowest BCUT2D eigenvalue weighted by molar-refractivity contribution is -0.384. The fraction of sp³-hybridized carbons (Fsp3) is 0.111. The molecule has 7 nitrogen and oxygen atoms in total. The number of aromatic nitrogens is 3. The van der Waals surface area contributed by atoms with E-state index in [-0.39, 0.29) is 21.6 Å². The van der Waals surface area contributed by atoms with Gasteiger partial charge >= 0.3 is 0 Å². The largest absolute Gasteiger partial charge is 0.294 e. The molecule has 0 aliphatic rings. The summed E-state index contributed by atoms with van der Waals surface area (Å²) in [6.45, 7) is 0. The summed E-state index contributed by atoms with van der Waals surface area (Å²) >= 11 is 5.72.